The van der Waals surface area contributed by atoms with E-state index in [9.17, 15) is 9.59 Å². The third-order valence-corrected chi connectivity index (χ3v) is 6.31. The molecule has 0 radical (unpaired) electrons. The number of amides is 1. The molecule has 0 atom stereocenters. The van der Waals surface area contributed by atoms with Crippen LogP contribution in [0, 0.1) is 0 Å². The van der Waals surface area contributed by atoms with Crippen molar-refractivity contribution in [2.24, 2.45) is 5.73 Å². The fraction of sp³-hybridized carbons (Fsp3) is 0.320. The van der Waals surface area contributed by atoms with E-state index in [1.54, 1.807) is 10.6 Å². The molecule has 35 heavy (non-hydrogen) atoms. The molecular weight excluding hydrogens is 466 g/mol. The SMILES string of the molecule is CCOc1ccccc1-c1noc(CSc2nc3ccccc3c(=O)n2CCCCCC(N)=O)n1. The minimum atomic E-state index is -0.311. The zero-order chi connectivity index (χ0) is 24.6. The van der Waals surface area contributed by atoms with Crippen molar-refractivity contribution in [3.63, 3.8) is 0 Å². The Balaban J connectivity index is 1.53. The van der Waals surface area contributed by atoms with Crippen LogP contribution in [0.5, 0.6) is 5.75 Å². The van der Waals surface area contributed by atoms with Crippen LogP contribution >= 0.6 is 11.8 Å². The number of ether oxygens (including phenoxy) is 1. The zero-order valence-electron chi connectivity index (χ0n) is 19.5. The highest BCUT2D eigenvalue weighted by atomic mass is 32.2. The molecule has 4 aromatic rings. The minimum Gasteiger partial charge on any atom is -0.493 e. The van der Waals surface area contributed by atoms with E-state index in [0.717, 1.165) is 18.4 Å². The molecule has 0 aliphatic carbocycles. The van der Waals surface area contributed by atoms with Crippen LogP contribution in [0.25, 0.3) is 22.3 Å². The summed E-state index contributed by atoms with van der Waals surface area (Å²) in [5.74, 6) is 1.61. The molecule has 4 rings (SSSR count). The van der Waals surface area contributed by atoms with Gasteiger partial charge in [0.15, 0.2) is 5.16 Å². The largest absolute Gasteiger partial charge is 0.493 e. The summed E-state index contributed by atoms with van der Waals surface area (Å²) < 4.78 is 12.8. The van der Waals surface area contributed by atoms with Crippen LogP contribution in [0.15, 0.2) is 63.0 Å². The van der Waals surface area contributed by atoms with Crippen molar-refractivity contribution < 1.29 is 14.1 Å². The number of fused-ring (bicyclic) bond motifs is 1. The van der Waals surface area contributed by atoms with Crippen molar-refractivity contribution in [1.29, 1.82) is 0 Å². The summed E-state index contributed by atoms with van der Waals surface area (Å²) in [4.78, 5) is 33.4. The smallest absolute Gasteiger partial charge is 0.262 e. The number of thioether (sulfide) groups is 1. The van der Waals surface area contributed by atoms with E-state index in [-0.39, 0.29) is 11.5 Å². The molecular formula is C25H27N5O4S. The number of rotatable bonds is 12. The molecule has 182 valence electrons. The Morgan fingerprint density at radius 3 is 2.71 bits per heavy atom. The number of hydrogen-bond acceptors (Lipinski definition) is 8. The lowest BCUT2D eigenvalue weighted by molar-refractivity contribution is -0.118. The summed E-state index contributed by atoms with van der Waals surface area (Å²) >= 11 is 1.37. The number of nitrogens with two attached hydrogens (primary N) is 1. The highest BCUT2D eigenvalue weighted by Crippen LogP contribution is 2.29. The van der Waals surface area contributed by atoms with Crippen LogP contribution in [0.1, 0.15) is 38.5 Å². The maximum atomic E-state index is 13.2. The van der Waals surface area contributed by atoms with E-state index in [1.807, 2.05) is 49.4 Å². The van der Waals surface area contributed by atoms with Crippen molar-refractivity contribution in [2.75, 3.05) is 6.61 Å². The van der Waals surface area contributed by atoms with Gasteiger partial charge in [-0.25, -0.2) is 4.98 Å². The van der Waals surface area contributed by atoms with Gasteiger partial charge in [-0.2, -0.15) is 4.98 Å². The second kappa shape index (κ2) is 11.7. The molecule has 2 N–H and O–H groups in total. The predicted octanol–water partition coefficient (Wildman–Crippen LogP) is 4.18. The number of carbonyl (C=O) groups is 1. The Bertz CT molecular complexity index is 1370. The molecule has 2 aromatic heterocycles. The quantitative estimate of drug-likeness (QED) is 0.177. The van der Waals surface area contributed by atoms with Gasteiger partial charge in [-0.15, -0.1) is 0 Å². The van der Waals surface area contributed by atoms with Gasteiger partial charge < -0.3 is 15.0 Å². The molecule has 9 nitrogen and oxygen atoms in total. The zero-order valence-corrected chi connectivity index (χ0v) is 20.3. The number of unbranched alkanes of at least 4 members (excludes halogenated alkanes) is 2. The molecule has 2 aromatic carbocycles. The van der Waals surface area contributed by atoms with Crippen LogP contribution in [-0.4, -0.2) is 32.2 Å². The minimum absolute atomic E-state index is 0.0927. The number of primary amides is 1. The lowest BCUT2D eigenvalue weighted by atomic mass is 10.2. The maximum Gasteiger partial charge on any atom is 0.262 e. The average molecular weight is 494 g/mol. The molecule has 10 heteroatoms. The molecule has 0 spiro atoms. The van der Waals surface area contributed by atoms with Crippen molar-refractivity contribution in [2.45, 2.75) is 50.1 Å². The second-order valence-electron chi connectivity index (χ2n) is 7.87. The molecule has 0 unspecified atom stereocenters. The number of hydrogen-bond donors (Lipinski definition) is 1. The molecule has 0 aliphatic rings. The highest BCUT2D eigenvalue weighted by Gasteiger charge is 2.16. The van der Waals surface area contributed by atoms with E-state index >= 15 is 0 Å². The molecule has 0 bridgehead atoms. The monoisotopic (exact) mass is 493 g/mol. The van der Waals surface area contributed by atoms with Gasteiger partial charge in [0.1, 0.15) is 5.75 Å². The van der Waals surface area contributed by atoms with Crippen molar-refractivity contribution in [3.05, 3.63) is 64.8 Å². The number of nitrogens with zero attached hydrogens (tertiary/aromatic N) is 4. The van der Waals surface area contributed by atoms with Gasteiger partial charge in [-0.1, -0.05) is 47.6 Å². The van der Waals surface area contributed by atoms with Gasteiger partial charge in [-0.3, -0.25) is 14.2 Å². The molecule has 0 saturated carbocycles. The molecule has 0 saturated heterocycles. The number of para-hydroxylation sites is 2. The summed E-state index contributed by atoms with van der Waals surface area (Å²) in [6, 6.07) is 14.8. The van der Waals surface area contributed by atoms with E-state index in [1.165, 1.54) is 11.8 Å². The van der Waals surface area contributed by atoms with Crippen molar-refractivity contribution in [1.82, 2.24) is 19.7 Å². The first-order chi connectivity index (χ1) is 17.1. The Kier molecular flexibility index (Phi) is 8.15. The van der Waals surface area contributed by atoms with E-state index in [2.05, 4.69) is 10.1 Å². The normalized spacial score (nSPS) is 11.1. The first kappa shape index (κ1) is 24.5. The highest BCUT2D eigenvalue weighted by molar-refractivity contribution is 7.98. The van der Waals surface area contributed by atoms with Gasteiger partial charge in [0.05, 0.1) is 28.8 Å². The number of aromatic nitrogens is 4. The van der Waals surface area contributed by atoms with Gasteiger partial charge in [0.25, 0.3) is 5.56 Å². The number of benzene rings is 2. The summed E-state index contributed by atoms with van der Waals surface area (Å²) in [6.07, 6.45) is 2.57. The maximum absolute atomic E-state index is 13.2. The van der Waals surface area contributed by atoms with E-state index in [0.29, 0.717) is 65.3 Å². The first-order valence-corrected chi connectivity index (χ1v) is 12.5. The Hall–Kier alpha value is -3.66. The Morgan fingerprint density at radius 2 is 1.89 bits per heavy atom. The van der Waals surface area contributed by atoms with Crippen molar-refractivity contribution in [3.8, 4) is 17.1 Å². The summed E-state index contributed by atoms with van der Waals surface area (Å²) in [5, 5.41) is 5.26. The predicted molar refractivity (Wildman–Crippen MR) is 134 cm³/mol. The average Bonchev–Trinajstić information content (AvgIpc) is 3.33. The fourth-order valence-electron chi connectivity index (χ4n) is 3.68. The lowest BCUT2D eigenvalue weighted by Gasteiger charge is -2.12. The van der Waals surface area contributed by atoms with E-state index < -0.39 is 0 Å². The standard InChI is InChI=1S/C25H27N5O4S/c1-2-33-20-13-8-6-11-18(20)23-28-22(34-29-23)16-35-25-27-19-12-7-5-10-17(19)24(32)30(25)15-9-3-4-14-21(26)31/h5-8,10-13H,2-4,9,14-16H2,1H3,(H2,26,31). The van der Waals surface area contributed by atoms with Gasteiger partial charge >= 0.3 is 0 Å². The van der Waals surface area contributed by atoms with Crippen LogP contribution in [-0.2, 0) is 17.1 Å². The molecule has 1 amide bonds. The summed E-state index contributed by atoms with van der Waals surface area (Å²) in [5.41, 5.74) is 6.52. The van der Waals surface area contributed by atoms with Crippen LogP contribution in [0.2, 0.25) is 0 Å². The van der Waals surface area contributed by atoms with Crippen molar-refractivity contribution >= 4 is 28.6 Å². The lowest BCUT2D eigenvalue weighted by Crippen LogP contribution is -2.23. The molecule has 0 fully saturated rings. The van der Waals surface area contributed by atoms with Gasteiger partial charge in [0, 0.05) is 13.0 Å². The summed E-state index contributed by atoms with van der Waals surface area (Å²) in [6.45, 7) is 2.95. The Labute approximate surface area is 206 Å². The summed E-state index contributed by atoms with van der Waals surface area (Å²) in [7, 11) is 0. The van der Waals surface area contributed by atoms with Gasteiger partial charge in [0.2, 0.25) is 17.6 Å². The molecule has 0 aliphatic heterocycles. The first-order valence-electron chi connectivity index (χ1n) is 11.5. The fourth-order valence-corrected chi connectivity index (χ4v) is 4.55. The third kappa shape index (κ3) is 6.07. The topological polar surface area (TPSA) is 126 Å². The third-order valence-electron chi connectivity index (χ3n) is 5.35. The Morgan fingerprint density at radius 1 is 1.09 bits per heavy atom. The van der Waals surface area contributed by atoms with Crippen LogP contribution in [0.4, 0.5) is 0 Å². The van der Waals surface area contributed by atoms with Gasteiger partial charge in [-0.05, 0) is 44.0 Å². The van der Waals surface area contributed by atoms with E-state index in [4.69, 9.17) is 20.0 Å². The molecule has 2 heterocycles. The number of carbonyl (C=O) groups excluding carboxylic acids is 1. The second-order valence-corrected chi connectivity index (χ2v) is 8.82. The van der Waals surface area contributed by atoms with Crippen LogP contribution in [0.3, 0.4) is 0 Å². The van der Waals surface area contributed by atoms with Crippen LogP contribution < -0.4 is 16.0 Å².